The van der Waals surface area contributed by atoms with Crippen molar-refractivity contribution in [1.82, 2.24) is 9.80 Å². The van der Waals surface area contributed by atoms with Gasteiger partial charge in [-0.15, -0.1) is 0 Å². The highest BCUT2D eigenvalue weighted by Gasteiger charge is 2.40. The fourth-order valence-electron chi connectivity index (χ4n) is 7.73. The molecule has 4 aromatic carbocycles. The molecule has 0 saturated heterocycles. The van der Waals surface area contributed by atoms with Crippen molar-refractivity contribution in [2.24, 2.45) is 0 Å². The summed E-state index contributed by atoms with van der Waals surface area (Å²) in [6.07, 6.45) is 5.59. The van der Waals surface area contributed by atoms with Gasteiger partial charge in [0.15, 0.2) is 23.0 Å². The minimum atomic E-state index is -0.340. The van der Waals surface area contributed by atoms with Crippen LogP contribution < -0.4 is 39.1 Å². The normalized spacial score (nSPS) is 20.7. The molecule has 0 radical (unpaired) electrons. The highest BCUT2D eigenvalue weighted by molar-refractivity contribution is 7.81. The van der Waals surface area contributed by atoms with Crippen LogP contribution in [0, 0.1) is 0 Å². The van der Waals surface area contributed by atoms with Gasteiger partial charge in [-0.1, -0.05) is 24.3 Å². The van der Waals surface area contributed by atoms with Crippen LogP contribution >= 0.6 is 25.3 Å². The van der Waals surface area contributed by atoms with Crippen molar-refractivity contribution in [3.05, 3.63) is 107 Å². The molecule has 4 aliphatic rings. The van der Waals surface area contributed by atoms with Gasteiger partial charge >= 0.3 is 0 Å². The Labute approximate surface area is 342 Å². The fraction of sp³-hybridized carbons (Fsp3) is 0.302. The Bertz CT molecular complexity index is 2120. The highest BCUT2D eigenvalue weighted by Crippen LogP contribution is 2.44. The van der Waals surface area contributed by atoms with Crippen molar-refractivity contribution < 1.29 is 38.0 Å². The third kappa shape index (κ3) is 7.39. The summed E-state index contributed by atoms with van der Waals surface area (Å²) in [7, 11) is 6.37. The first-order valence-corrected chi connectivity index (χ1v) is 19.7. The number of rotatable bonds is 12. The maximum atomic E-state index is 13.9. The lowest BCUT2D eigenvalue weighted by Crippen LogP contribution is -2.39. The Kier molecular flexibility index (Phi) is 10.8. The molecule has 12 nitrogen and oxygen atoms in total. The van der Waals surface area contributed by atoms with E-state index < -0.39 is 0 Å². The number of methoxy groups -OCH3 is 4. The molecule has 4 aromatic rings. The zero-order valence-electron chi connectivity index (χ0n) is 32.0. The molecule has 4 aliphatic heterocycles. The summed E-state index contributed by atoms with van der Waals surface area (Å²) < 4.78 is 34.6. The van der Waals surface area contributed by atoms with E-state index in [9.17, 15) is 9.59 Å². The molecule has 0 unspecified atom stereocenters. The predicted octanol–water partition coefficient (Wildman–Crippen LogP) is 7.44. The molecule has 0 aliphatic carbocycles. The first-order chi connectivity index (χ1) is 27.7. The maximum absolute atomic E-state index is 13.9. The van der Waals surface area contributed by atoms with Crippen LogP contribution in [0.25, 0.3) is 11.1 Å². The number of thiol groups is 2. The van der Waals surface area contributed by atoms with Gasteiger partial charge in [-0.05, 0) is 71.5 Å². The standard InChI is InChI=1S/C43H44N4O8S2/c1-50-28-10-5-8-24(14-28)26-16-34-40(56)44-32-20-38(36(52-3)18-30(32)42(48)46(34)22-26)54-12-7-13-55-39-21-33-31(19-37(39)53-4)43(49)47-23-27(17-35(47)41(57)45-33)25-9-6-11-29(15-25)51-2/h5-6,8-11,14-15,18-23,34-35,40-41,44-45,56-57H,7,12-13,16-17H2,1-4H3/t34-,35-,40-,41-/m0/s1. The zero-order chi connectivity index (χ0) is 39.8. The molecular formula is C43H44N4O8S2. The van der Waals surface area contributed by atoms with Crippen LogP contribution in [0.2, 0.25) is 0 Å². The van der Waals surface area contributed by atoms with Crippen LogP contribution in [0.4, 0.5) is 11.4 Å². The van der Waals surface area contributed by atoms with Crippen LogP contribution in [0.15, 0.2) is 85.2 Å². The second-order valence-electron chi connectivity index (χ2n) is 14.1. The summed E-state index contributed by atoms with van der Waals surface area (Å²) in [4.78, 5) is 31.4. The average molecular weight is 809 g/mol. The molecule has 0 saturated carbocycles. The Hall–Kier alpha value is -5.60. The Morgan fingerprint density at radius 2 is 1.04 bits per heavy atom. The molecule has 2 amide bonds. The molecule has 296 valence electrons. The quantitative estimate of drug-likeness (QED) is 0.0850. The van der Waals surface area contributed by atoms with Crippen molar-refractivity contribution in [1.29, 1.82) is 0 Å². The summed E-state index contributed by atoms with van der Waals surface area (Å²) in [5.74, 6) is 3.05. The number of carbonyl (C=O) groups excluding carboxylic acids is 2. The van der Waals surface area contributed by atoms with Crippen LogP contribution in [0.3, 0.4) is 0 Å². The number of carbonyl (C=O) groups is 2. The number of nitrogens with zero attached hydrogens (tertiary/aromatic N) is 2. The molecule has 4 atom stereocenters. The van der Waals surface area contributed by atoms with E-state index in [1.807, 2.05) is 60.9 Å². The molecule has 0 spiro atoms. The molecule has 4 heterocycles. The molecule has 0 aromatic heterocycles. The van der Waals surface area contributed by atoms with Crippen LogP contribution in [0.5, 0.6) is 34.5 Å². The SMILES string of the molecule is COc1cccc(C2=CN3C(=O)c4cc(OC)c(OCCCOc5cc6c(cc5OC)C(=O)N5C=C(c7cccc(OC)c7)C[C@H]5[C@H](S)N6)cc4N[C@@H](S)[C@@H]3C2)c1. The summed E-state index contributed by atoms with van der Waals surface area (Å²) in [5, 5.41) is 6.18. The lowest BCUT2D eigenvalue weighted by molar-refractivity contribution is 0.0784. The van der Waals surface area contributed by atoms with Gasteiger partial charge in [0.1, 0.15) is 11.5 Å². The first kappa shape index (κ1) is 38.3. The predicted molar refractivity (Wildman–Crippen MR) is 225 cm³/mol. The Balaban J connectivity index is 0.927. The number of fused-ring (bicyclic) bond motifs is 4. The number of hydrogen-bond donors (Lipinski definition) is 4. The highest BCUT2D eigenvalue weighted by atomic mass is 32.1. The van der Waals surface area contributed by atoms with E-state index in [1.165, 1.54) is 0 Å². The van der Waals surface area contributed by atoms with Gasteiger partial charge in [0.05, 0.1) is 87.0 Å². The van der Waals surface area contributed by atoms with E-state index >= 15 is 0 Å². The van der Waals surface area contributed by atoms with Gasteiger partial charge in [0.25, 0.3) is 11.8 Å². The molecule has 0 bridgehead atoms. The maximum Gasteiger partial charge on any atom is 0.260 e. The van der Waals surface area contributed by atoms with Crippen LogP contribution in [-0.4, -0.2) is 86.1 Å². The van der Waals surface area contributed by atoms with Crippen molar-refractivity contribution in [3.63, 3.8) is 0 Å². The Morgan fingerprint density at radius 3 is 1.44 bits per heavy atom. The average Bonchev–Trinajstić information content (AvgIpc) is 3.86. The monoisotopic (exact) mass is 808 g/mol. The minimum absolute atomic E-state index is 0.153. The lowest BCUT2D eigenvalue weighted by atomic mass is 10.0. The molecule has 2 N–H and O–H groups in total. The third-order valence-corrected chi connectivity index (χ3v) is 11.7. The molecular weight excluding hydrogens is 765 g/mol. The summed E-state index contributed by atoms with van der Waals surface area (Å²) >= 11 is 9.76. The smallest absolute Gasteiger partial charge is 0.260 e. The number of amides is 2. The van der Waals surface area contributed by atoms with Gasteiger partial charge in [-0.2, -0.15) is 25.3 Å². The number of nitrogens with one attached hydrogen (secondary N) is 2. The largest absolute Gasteiger partial charge is 0.497 e. The van der Waals surface area contributed by atoms with Gasteiger partial charge in [0, 0.05) is 31.0 Å². The Morgan fingerprint density at radius 1 is 0.596 bits per heavy atom. The van der Waals surface area contributed by atoms with E-state index in [-0.39, 0.29) is 34.6 Å². The van der Waals surface area contributed by atoms with Crippen LogP contribution in [0.1, 0.15) is 51.1 Å². The minimum Gasteiger partial charge on any atom is -0.497 e. The number of ether oxygens (including phenoxy) is 6. The van der Waals surface area contributed by atoms with Crippen molar-refractivity contribution in [2.75, 3.05) is 52.3 Å². The molecule has 8 rings (SSSR count). The topological polar surface area (TPSA) is 120 Å². The third-order valence-electron chi connectivity index (χ3n) is 10.7. The summed E-state index contributed by atoms with van der Waals surface area (Å²) in [5.41, 5.74) is 6.22. The van der Waals surface area contributed by atoms with Crippen molar-refractivity contribution in [2.45, 2.75) is 42.1 Å². The fourth-order valence-corrected chi connectivity index (χ4v) is 8.50. The lowest BCUT2D eigenvalue weighted by Gasteiger charge is -2.25. The first-order valence-electron chi connectivity index (χ1n) is 18.6. The van der Waals surface area contributed by atoms with Crippen molar-refractivity contribution >= 4 is 59.6 Å². The van der Waals surface area contributed by atoms with Gasteiger partial charge in [0.2, 0.25) is 0 Å². The molecule has 14 heteroatoms. The van der Waals surface area contributed by atoms with Crippen LogP contribution in [-0.2, 0) is 0 Å². The van der Waals surface area contributed by atoms with Gasteiger partial charge < -0.3 is 48.9 Å². The van der Waals surface area contributed by atoms with E-state index in [1.54, 1.807) is 62.5 Å². The molecule has 57 heavy (non-hydrogen) atoms. The van der Waals surface area contributed by atoms with E-state index in [2.05, 4.69) is 10.6 Å². The van der Waals surface area contributed by atoms with E-state index in [0.29, 0.717) is 78.0 Å². The number of hydrogen-bond acceptors (Lipinski definition) is 12. The zero-order valence-corrected chi connectivity index (χ0v) is 33.8. The van der Waals surface area contributed by atoms with Gasteiger partial charge in [-0.25, -0.2) is 0 Å². The number of benzene rings is 4. The second kappa shape index (κ2) is 16.1. The van der Waals surface area contributed by atoms with E-state index in [4.69, 9.17) is 53.7 Å². The molecule has 0 fully saturated rings. The second-order valence-corrected chi connectivity index (χ2v) is 15.2. The number of anilines is 2. The van der Waals surface area contributed by atoms with Gasteiger partial charge in [-0.3, -0.25) is 9.59 Å². The van der Waals surface area contributed by atoms with Crippen molar-refractivity contribution in [3.8, 4) is 34.5 Å². The summed E-state index contributed by atoms with van der Waals surface area (Å²) in [6, 6.07) is 22.2. The van der Waals surface area contributed by atoms with E-state index in [0.717, 1.165) is 33.8 Å². The summed E-state index contributed by atoms with van der Waals surface area (Å²) in [6.45, 7) is 0.603.